The molecule has 0 atom stereocenters. The minimum absolute atomic E-state index is 0.598. The summed E-state index contributed by atoms with van der Waals surface area (Å²) in [7, 11) is 1.87. The van der Waals surface area contributed by atoms with Crippen LogP contribution in [0.3, 0.4) is 0 Å². The standard InChI is InChI=1S/C14H14ClN3/c1-16-13-8-12(9-6-7-9)17-14(18-13)10-4-2-3-5-11(10)15/h2-5,8-9H,6-7H2,1H3,(H,16,17,18). The zero-order valence-corrected chi connectivity index (χ0v) is 10.9. The molecule has 0 spiro atoms. The number of halogens is 1. The summed E-state index contributed by atoms with van der Waals surface area (Å²) in [6.45, 7) is 0. The Morgan fingerprint density at radius 1 is 1.22 bits per heavy atom. The van der Waals surface area contributed by atoms with Gasteiger partial charge in [0.15, 0.2) is 5.82 Å². The molecular formula is C14H14ClN3. The lowest BCUT2D eigenvalue weighted by Gasteiger charge is -2.08. The second-order valence-corrected chi connectivity index (χ2v) is 4.91. The van der Waals surface area contributed by atoms with E-state index in [0.717, 1.165) is 17.1 Å². The van der Waals surface area contributed by atoms with E-state index >= 15 is 0 Å². The van der Waals surface area contributed by atoms with E-state index in [1.165, 1.54) is 12.8 Å². The molecule has 1 saturated carbocycles. The SMILES string of the molecule is CNc1cc(C2CC2)nc(-c2ccccc2Cl)n1. The minimum Gasteiger partial charge on any atom is -0.373 e. The molecule has 3 rings (SSSR count). The predicted molar refractivity (Wildman–Crippen MR) is 74.0 cm³/mol. The van der Waals surface area contributed by atoms with Crippen LogP contribution in [-0.2, 0) is 0 Å². The topological polar surface area (TPSA) is 37.8 Å². The number of rotatable bonds is 3. The molecule has 1 fully saturated rings. The summed E-state index contributed by atoms with van der Waals surface area (Å²) >= 11 is 6.20. The lowest BCUT2D eigenvalue weighted by atomic mass is 10.2. The molecule has 2 aromatic rings. The number of aromatic nitrogens is 2. The first kappa shape index (κ1) is 11.5. The molecular weight excluding hydrogens is 246 g/mol. The molecule has 0 aliphatic heterocycles. The van der Waals surface area contributed by atoms with Gasteiger partial charge in [-0.05, 0) is 25.0 Å². The highest BCUT2D eigenvalue weighted by atomic mass is 35.5. The van der Waals surface area contributed by atoms with Gasteiger partial charge in [0.25, 0.3) is 0 Å². The molecule has 0 unspecified atom stereocenters. The Labute approximate surface area is 111 Å². The van der Waals surface area contributed by atoms with E-state index in [1.54, 1.807) is 0 Å². The van der Waals surface area contributed by atoms with Crippen LogP contribution in [0.15, 0.2) is 30.3 Å². The fourth-order valence-electron chi connectivity index (χ4n) is 1.95. The molecule has 4 heteroatoms. The van der Waals surface area contributed by atoms with Crippen molar-refractivity contribution in [2.24, 2.45) is 0 Å². The largest absolute Gasteiger partial charge is 0.373 e. The average molecular weight is 260 g/mol. The van der Waals surface area contributed by atoms with Crippen molar-refractivity contribution in [1.82, 2.24) is 9.97 Å². The van der Waals surface area contributed by atoms with Gasteiger partial charge in [-0.25, -0.2) is 9.97 Å². The van der Waals surface area contributed by atoms with Crippen molar-refractivity contribution in [1.29, 1.82) is 0 Å². The van der Waals surface area contributed by atoms with Crippen LogP contribution in [0.4, 0.5) is 5.82 Å². The van der Waals surface area contributed by atoms with Crippen LogP contribution in [0.5, 0.6) is 0 Å². The van der Waals surface area contributed by atoms with Crippen molar-refractivity contribution in [2.75, 3.05) is 12.4 Å². The number of hydrogen-bond donors (Lipinski definition) is 1. The number of hydrogen-bond acceptors (Lipinski definition) is 3. The van der Waals surface area contributed by atoms with Gasteiger partial charge in [0.2, 0.25) is 0 Å². The van der Waals surface area contributed by atoms with E-state index in [-0.39, 0.29) is 0 Å². The highest BCUT2D eigenvalue weighted by molar-refractivity contribution is 6.33. The van der Waals surface area contributed by atoms with Crippen molar-refractivity contribution in [3.63, 3.8) is 0 Å². The van der Waals surface area contributed by atoms with E-state index in [0.29, 0.717) is 16.8 Å². The minimum atomic E-state index is 0.598. The lowest BCUT2D eigenvalue weighted by molar-refractivity contribution is 0.995. The molecule has 0 bridgehead atoms. The molecule has 0 radical (unpaired) electrons. The summed E-state index contributed by atoms with van der Waals surface area (Å²) in [5.41, 5.74) is 2.00. The van der Waals surface area contributed by atoms with Gasteiger partial charge in [-0.15, -0.1) is 0 Å². The van der Waals surface area contributed by atoms with Crippen LogP contribution >= 0.6 is 11.6 Å². The molecule has 1 heterocycles. The fraction of sp³-hybridized carbons (Fsp3) is 0.286. The Balaban J connectivity index is 2.10. The van der Waals surface area contributed by atoms with E-state index in [1.807, 2.05) is 37.4 Å². The molecule has 3 nitrogen and oxygen atoms in total. The normalized spacial score (nSPS) is 14.6. The quantitative estimate of drug-likeness (QED) is 0.913. The van der Waals surface area contributed by atoms with Crippen LogP contribution in [0.25, 0.3) is 11.4 Å². The van der Waals surface area contributed by atoms with Gasteiger partial charge >= 0.3 is 0 Å². The van der Waals surface area contributed by atoms with Gasteiger partial charge in [0.05, 0.1) is 5.02 Å². The highest BCUT2D eigenvalue weighted by Crippen LogP contribution is 2.40. The molecule has 1 N–H and O–H groups in total. The number of nitrogens with zero attached hydrogens (tertiary/aromatic N) is 2. The van der Waals surface area contributed by atoms with Crippen molar-refractivity contribution in [3.8, 4) is 11.4 Å². The van der Waals surface area contributed by atoms with E-state index < -0.39 is 0 Å². The van der Waals surface area contributed by atoms with Gasteiger partial charge in [0.1, 0.15) is 5.82 Å². The maximum absolute atomic E-state index is 6.20. The summed E-state index contributed by atoms with van der Waals surface area (Å²) in [6.07, 6.45) is 2.45. The first-order chi connectivity index (χ1) is 8.78. The van der Waals surface area contributed by atoms with Gasteiger partial charge < -0.3 is 5.32 Å². The van der Waals surface area contributed by atoms with Crippen LogP contribution in [0.2, 0.25) is 5.02 Å². The number of nitrogens with one attached hydrogen (secondary N) is 1. The van der Waals surface area contributed by atoms with Crippen LogP contribution in [0, 0.1) is 0 Å². The monoisotopic (exact) mass is 259 g/mol. The molecule has 18 heavy (non-hydrogen) atoms. The van der Waals surface area contributed by atoms with Gasteiger partial charge in [0, 0.05) is 30.3 Å². The fourth-order valence-corrected chi connectivity index (χ4v) is 2.17. The number of benzene rings is 1. The Morgan fingerprint density at radius 3 is 2.67 bits per heavy atom. The summed E-state index contributed by atoms with van der Waals surface area (Å²) in [4.78, 5) is 9.13. The van der Waals surface area contributed by atoms with Crippen molar-refractivity contribution < 1.29 is 0 Å². The van der Waals surface area contributed by atoms with E-state index in [4.69, 9.17) is 11.6 Å². The molecule has 1 aliphatic carbocycles. The van der Waals surface area contributed by atoms with Gasteiger partial charge in [-0.3, -0.25) is 0 Å². The predicted octanol–water partition coefficient (Wildman–Crippen LogP) is 3.72. The smallest absolute Gasteiger partial charge is 0.163 e. The third-order valence-electron chi connectivity index (χ3n) is 3.11. The lowest BCUT2D eigenvalue weighted by Crippen LogP contribution is -2.00. The van der Waals surface area contributed by atoms with Crippen molar-refractivity contribution >= 4 is 17.4 Å². The Bertz CT molecular complexity index is 579. The van der Waals surface area contributed by atoms with E-state index in [2.05, 4.69) is 15.3 Å². The third kappa shape index (κ3) is 2.18. The molecule has 0 saturated heterocycles. The van der Waals surface area contributed by atoms with Gasteiger partial charge in [-0.2, -0.15) is 0 Å². The molecule has 1 aromatic heterocycles. The molecule has 0 amide bonds. The Hall–Kier alpha value is -1.61. The second kappa shape index (κ2) is 4.58. The Kier molecular flexibility index (Phi) is 2.92. The maximum atomic E-state index is 6.20. The summed E-state index contributed by atoms with van der Waals surface area (Å²) in [5, 5.41) is 3.77. The first-order valence-electron chi connectivity index (χ1n) is 6.09. The highest BCUT2D eigenvalue weighted by Gasteiger charge is 2.26. The van der Waals surface area contributed by atoms with E-state index in [9.17, 15) is 0 Å². The van der Waals surface area contributed by atoms with Crippen LogP contribution in [-0.4, -0.2) is 17.0 Å². The van der Waals surface area contributed by atoms with Crippen molar-refractivity contribution in [2.45, 2.75) is 18.8 Å². The average Bonchev–Trinajstić information content (AvgIpc) is 3.23. The Morgan fingerprint density at radius 2 is 2.00 bits per heavy atom. The van der Waals surface area contributed by atoms with Crippen LogP contribution < -0.4 is 5.32 Å². The maximum Gasteiger partial charge on any atom is 0.163 e. The second-order valence-electron chi connectivity index (χ2n) is 4.51. The molecule has 1 aromatic carbocycles. The van der Waals surface area contributed by atoms with Gasteiger partial charge in [-0.1, -0.05) is 23.7 Å². The van der Waals surface area contributed by atoms with Crippen molar-refractivity contribution in [3.05, 3.63) is 41.0 Å². The molecule has 1 aliphatic rings. The summed E-state index contributed by atoms with van der Waals surface area (Å²) in [5.74, 6) is 2.15. The number of anilines is 1. The first-order valence-corrected chi connectivity index (χ1v) is 6.47. The molecule has 92 valence electrons. The zero-order chi connectivity index (χ0) is 12.5. The summed E-state index contributed by atoms with van der Waals surface area (Å²) < 4.78 is 0. The third-order valence-corrected chi connectivity index (χ3v) is 3.44. The summed E-state index contributed by atoms with van der Waals surface area (Å²) in [6, 6.07) is 9.71. The van der Waals surface area contributed by atoms with Crippen LogP contribution in [0.1, 0.15) is 24.5 Å². The zero-order valence-electron chi connectivity index (χ0n) is 10.2.